The van der Waals surface area contributed by atoms with Crippen molar-refractivity contribution in [2.24, 2.45) is 5.41 Å². The Morgan fingerprint density at radius 1 is 1.03 bits per heavy atom. The zero-order chi connectivity index (χ0) is 20.7. The molecule has 0 radical (unpaired) electrons. The molecular formula is C24H30N4O2. The third-order valence-corrected chi connectivity index (χ3v) is 7.38. The number of benzene rings is 1. The predicted octanol–water partition coefficient (Wildman–Crippen LogP) is 2.78. The summed E-state index contributed by atoms with van der Waals surface area (Å²) in [6, 6.07) is 9.74. The van der Waals surface area contributed by atoms with E-state index < -0.39 is 5.41 Å². The number of likely N-dealkylation sites (tertiary alicyclic amines) is 3. The van der Waals surface area contributed by atoms with Gasteiger partial charge in [0.2, 0.25) is 5.91 Å². The molecule has 158 valence electrons. The van der Waals surface area contributed by atoms with Crippen molar-refractivity contribution in [1.29, 1.82) is 0 Å². The third-order valence-electron chi connectivity index (χ3n) is 7.38. The second-order valence-corrected chi connectivity index (χ2v) is 9.20. The lowest BCUT2D eigenvalue weighted by atomic mass is 9.67. The van der Waals surface area contributed by atoms with Crippen LogP contribution in [0, 0.1) is 5.41 Å². The first-order valence-corrected chi connectivity index (χ1v) is 11.2. The van der Waals surface area contributed by atoms with E-state index in [1.807, 2.05) is 35.2 Å². The summed E-state index contributed by atoms with van der Waals surface area (Å²) in [6.45, 7) is 4.11. The average molecular weight is 407 g/mol. The van der Waals surface area contributed by atoms with Crippen molar-refractivity contribution in [3.63, 3.8) is 0 Å². The Bertz CT molecular complexity index is 971. The van der Waals surface area contributed by atoms with Crippen LogP contribution in [-0.2, 0) is 4.79 Å². The van der Waals surface area contributed by atoms with Crippen LogP contribution >= 0.6 is 0 Å². The third kappa shape index (κ3) is 3.18. The first-order valence-electron chi connectivity index (χ1n) is 11.2. The van der Waals surface area contributed by atoms with Crippen LogP contribution in [0.2, 0.25) is 0 Å². The standard InChI is InChI=1S/C24H30N4O2/c1-26-14-10-24(23(30)27-11-4-5-12-27)9-6-13-28(21(24)17-26)22(29)19-15-18-7-2-3-8-20(18)25-16-19/h2-3,7-8,15-16,21H,4-6,9-14,17H2,1H3/t21-,24+/m0/s1. The second kappa shape index (κ2) is 7.65. The zero-order valence-corrected chi connectivity index (χ0v) is 17.7. The Balaban J connectivity index is 1.49. The quantitative estimate of drug-likeness (QED) is 0.770. The first-order chi connectivity index (χ1) is 14.6. The molecular weight excluding hydrogens is 376 g/mol. The van der Waals surface area contributed by atoms with Gasteiger partial charge in [0.05, 0.1) is 22.5 Å². The van der Waals surface area contributed by atoms with Gasteiger partial charge in [0.15, 0.2) is 0 Å². The Morgan fingerprint density at radius 3 is 2.67 bits per heavy atom. The van der Waals surface area contributed by atoms with Crippen molar-refractivity contribution in [3.05, 3.63) is 42.1 Å². The van der Waals surface area contributed by atoms with Crippen molar-refractivity contribution in [2.75, 3.05) is 39.8 Å². The number of rotatable bonds is 2. The van der Waals surface area contributed by atoms with Gasteiger partial charge >= 0.3 is 0 Å². The highest BCUT2D eigenvalue weighted by atomic mass is 16.2. The smallest absolute Gasteiger partial charge is 0.255 e. The molecule has 30 heavy (non-hydrogen) atoms. The van der Waals surface area contributed by atoms with E-state index in [2.05, 4.69) is 21.8 Å². The van der Waals surface area contributed by atoms with Gasteiger partial charge < -0.3 is 14.7 Å². The van der Waals surface area contributed by atoms with E-state index in [4.69, 9.17) is 0 Å². The van der Waals surface area contributed by atoms with E-state index >= 15 is 0 Å². The molecule has 2 amide bonds. The molecule has 0 saturated carbocycles. The Kier molecular flexibility index (Phi) is 4.97. The largest absolute Gasteiger partial charge is 0.342 e. The number of hydrogen-bond acceptors (Lipinski definition) is 4. The molecule has 0 aliphatic carbocycles. The van der Waals surface area contributed by atoms with E-state index in [9.17, 15) is 9.59 Å². The van der Waals surface area contributed by atoms with Crippen LogP contribution in [-0.4, -0.2) is 77.3 Å². The highest BCUT2D eigenvalue weighted by Gasteiger charge is 2.54. The number of carbonyl (C=O) groups is 2. The molecule has 5 rings (SSSR count). The number of amides is 2. The Morgan fingerprint density at radius 2 is 1.83 bits per heavy atom. The van der Waals surface area contributed by atoms with E-state index in [1.54, 1.807) is 6.20 Å². The number of nitrogens with zero attached hydrogens (tertiary/aromatic N) is 4. The van der Waals surface area contributed by atoms with Crippen molar-refractivity contribution in [2.45, 2.75) is 38.1 Å². The molecule has 2 aromatic rings. The summed E-state index contributed by atoms with van der Waals surface area (Å²) in [4.78, 5) is 38.1. The van der Waals surface area contributed by atoms with Gasteiger partial charge in [0.1, 0.15) is 0 Å². The second-order valence-electron chi connectivity index (χ2n) is 9.20. The fourth-order valence-electron chi connectivity index (χ4n) is 5.72. The Labute approximate surface area is 177 Å². The van der Waals surface area contributed by atoms with Gasteiger partial charge in [0.25, 0.3) is 5.91 Å². The van der Waals surface area contributed by atoms with Gasteiger partial charge in [-0.2, -0.15) is 0 Å². The van der Waals surface area contributed by atoms with Gasteiger partial charge in [-0.3, -0.25) is 14.6 Å². The maximum Gasteiger partial charge on any atom is 0.255 e. The van der Waals surface area contributed by atoms with Gasteiger partial charge in [0, 0.05) is 37.8 Å². The number of piperidine rings is 2. The summed E-state index contributed by atoms with van der Waals surface area (Å²) in [5, 5.41) is 0.973. The molecule has 0 spiro atoms. The molecule has 1 aromatic carbocycles. The highest BCUT2D eigenvalue weighted by Crippen LogP contribution is 2.44. The highest BCUT2D eigenvalue weighted by molar-refractivity contribution is 5.98. The molecule has 0 unspecified atom stereocenters. The molecule has 1 aromatic heterocycles. The lowest BCUT2D eigenvalue weighted by Gasteiger charge is -2.54. The summed E-state index contributed by atoms with van der Waals surface area (Å²) < 4.78 is 0. The zero-order valence-electron chi connectivity index (χ0n) is 17.7. The van der Waals surface area contributed by atoms with E-state index in [1.165, 1.54) is 0 Å². The molecule has 6 heteroatoms. The van der Waals surface area contributed by atoms with E-state index in [-0.39, 0.29) is 17.9 Å². The van der Waals surface area contributed by atoms with Crippen molar-refractivity contribution >= 4 is 22.7 Å². The number of carbonyl (C=O) groups excluding carboxylic acids is 2. The van der Waals surface area contributed by atoms with Crippen LogP contribution in [0.5, 0.6) is 0 Å². The minimum Gasteiger partial charge on any atom is -0.342 e. The van der Waals surface area contributed by atoms with E-state index in [0.29, 0.717) is 12.1 Å². The van der Waals surface area contributed by atoms with Crippen LogP contribution in [0.25, 0.3) is 10.9 Å². The van der Waals surface area contributed by atoms with Crippen molar-refractivity contribution < 1.29 is 9.59 Å². The fraction of sp³-hybridized carbons (Fsp3) is 0.542. The van der Waals surface area contributed by atoms with Gasteiger partial charge in [-0.05, 0) is 57.8 Å². The topological polar surface area (TPSA) is 56.8 Å². The van der Waals surface area contributed by atoms with Gasteiger partial charge in [-0.25, -0.2) is 0 Å². The maximum absolute atomic E-state index is 13.7. The SMILES string of the molecule is CN1CC[C@]2(C(=O)N3CCCC3)CCCN(C(=O)c3cnc4ccccc4c3)[C@H]2C1. The maximum atomic E-state index is 13.7. The average Bonchev–Trinajstić information content (AvgIpc) is 3.32. The van der Waals surface area contributed by atoms with Crippen molar-refractivity contribution in [3.8, 4) is 0 Å². The molecule has 3 aliphatic rings. The summed E-state index contributed by atoms with van der Waals surface area (Å²) in [6.07, 6.45) is 6.49. The minimum atomic E-state index is -0.435. The minimum absolute atomic E-state index is 0.00634. The summed E-state index contributed by atoms with van der Waals surface area (Å²) in [7, 11) is 2.10. The van der Waals surface area contributed by atoms with Crippen LogP contribution in [0.3, 0.4) is 0 Å². The van der Waals surface area contributed by atoms with Gasteiger partial charge in [-0.1, -0.05) is 18.2 Å². The van der Waals surface area contributed by atoms with Gasteiger partial charge in [-0.15, -0.1) is 0 Å². The number of hydrogen-bond donors (Lipinski definition) is 0. The molecule has 3 aliphatic heterocycles. The molecule has 3 saturated heterocycles. The Hall–Kier alpha value is -2.47. The van der Waals surface area contributed by atoms with Crippen molar-refractivity contribution in [1.82, 2.24) is 19.7 Å². The number of likely N-dealkylation sites (N-methyl/N-ethyl adjacent to an activating group) is 1. The molecule has 3 fully saturated rings. The summed E-state index contributed by atoms with van der Waals surface area (Å²) >= 11 is 0. The lowest BCUT2D eigenvalue weighted by Crippen LogP contribution is -2.66. The molecule has 0 bridgehead atoms. The first kappa shape index (κ1) is 19.5. The summed E-state index contributed by atoms with van der Waals surface area (Å²) in [5.74, 6) is 0.291. The van der Waals surface area contributed by atoms with Crippen LogP contribution in [0.1, 0.15) is 42.5 Å². The monoisotopic (exact) mass is 406 g/mol. The normalized spacial score (nSPS) is 27.3. The number of aromatic nitrogens is 1. The molecule has 4 heterocycles. The predicted molar refractivity (Wildman–Crippen MR) is 116 cm³/mol. The van der Waals surface area contributed by atoms with E-state index in [0.717, 1.165) is 69.2 Å². The molecule has 2 atom stereocenters. The lowest BCUT2D eigenvalue weighted by molar-refractivity contribution is -0.152. The number of fused-ring (bicyclic) bond motifs is 2. The number of pyridine rings is 1. The fourth-order valence-corrected chi connectivity index (χ4v) is 5.72. The summed E-state index contributed by atoms with van der Waals surface area (Å²) in [5.41, 5.74) is 1.07. The molecule has 6 nitrogen and oxygen atoms in total. The van der Waals surface area contributed by atoms with Crippen LogP contribution < -0.4 is 0 Å². The van der Waals surface area contributed by atoms with Crippen LogP contribution in [0.15, 0.2) is 36.5 Å². The van der Waals surface area contributed by atoms with Crippen LogP contribution in [0.4, 0.5) is 0 Å². The number of para-hydroxylation sites is 1. The molecule has 0 N–H and O–H groups in total.